The van der Waals surface area contributed by atoms with Crippen LogP contribution in [0.2, 0.25) is 0 Å². The smallest absolute Gasteiger partial charge is 0.225 e. The van der Waals surface area contributed by atoms with Gasteiger partial charge >= 0.3 is 0 Å². The number of thiophene rings is 1. The summed E-state index contributed by atoms with van der Waals surface area (Å²) in [6, 6.07) is 4.50. The first-order valence-corrected chi connectivity index (χ1v) is 7.88. The summed E-state index contributed by atoms with van der Waals surface area (Å²) in [6.45, 7) is 3.29. The fourth-order valence-electron chi connectivity index (χ4n) is 2.90. The largest absolute Gasteiger partial charge is 0.375 e. The quantitative estimate of drug-likeness (QED) is 0.918. The molecule has 1 amide bonds. The molecule has 1 N–H and O–H groups in total. The minimum Gasteiger partial charge on any atom is -0.375 e. The van der Waals surface area contributed by atoms with E-state index in [1.54, 1.807) is 11.3 Å². The summed E-state index contributed by atoms with van der Waals surface area (Å²) >= 11 is 1.75. The second-order valence-corrected chi connectivity index (χ2v) is 6.14. The summed E-state index contributed by atoms with van der Waals surface area (Å²) in [5.74, 6) is 0.240. The Kier molecular flexibility index (Phi) is 4.15. The fraction of sp³-hybridized carbons (Fsp3) is 0.643. The lowest BCUT2D eigenvalue weighted by Gasteiger charge is -2.28. The van der Waals surface area contributed by atoms with Gasteiger partial charge in [0.05, 0.1) is 25.2 Å². The summed E-state index contributed by atoms with van der Waals surface area (Å²) in [7, 11) is 0. The lowest BCUT2D eigenvalue weighted by atomic mass is 10.1. The predicted octanol–water partition coefficient (Wildman–Crippen LogP) is 1.79. The van der Waals surface area contributed by atoms with E-state index in [0.717, 1.165) is 32.5 Å². The first kappa shape index (κ1) is 13.1. The van der Waals surface area contributed by atoms with Gasteiger partial charge in [0, 0.05) is 24.5 Å². The minimum absolute atomic E-state index is 0.0471. The van der Waals surface area contributed by atoms with Crippen LogP contribution in [-0.4, -0.2) is 43.2 Å². The van der Waals surface area contributed by atoms with E-state index >= 15 is 0 Å². The van der Waals surface area contributed by atoms with Gasteiger partial charge in [-0.25, -0.2) is 0 Å². The number of nitrogens with zero attached hydrogens (tertiary/aromatic N) is 1. The van der Waals surface area contributed by atoms with Crippen LogP contribution >= 0.6 is 11.3 Å². The van der Waals surface area contributed by atoms with Crippen LogP contribution in [0, 0.1) is 0 Å². The van der Waals surface area contributed by atoms with Crippen molar-refractivity contribution in [1.29, 1.82) is 0 Å². The van der Waals surface area contributed by atoms with Crippen molar-refractivity contribution in [3.05, 3.63) is 22.4 Å². The van der Waals surface area contributed by atoms with Gasteiger partial charge in [-0.05, 0) is 24.3 Å². The SMILES string of the molecule is O=C(CC1CNCCO1)N1CCCC1c1cccs1. The average molecular weight is 280 g/mol. The first-order valence-electron chi connectivity index (χ1n) is 7.00. The topological polar surface area (TPSA) is 41.6 Å². The Labute approximate surface area is 117 Å². The van der Waals surface area contributed by atoms with Crippen molar-refractivity contribution in [1.82, 2.24) is 10.2 Å². The lowest BCUT2D eigenvalue weighted by Crippen LogP contribution is -2.42. The summed E-state index contributed by atoms with van der Waals surface area (Å²) in [6.07, 6.45) is 2.76. The molecule has 2 fully saturated rings. The number of hydrogen-bond donors (Lipinski definition) is 1. The van der Waals surface area contributed by atoms with E-state index in [2.05, 4.69) is 22.8 Å². The highest BCUT2D eigenvalue weighted by Gasteiger charge is 2.32. The number of nitrogens with one attached hydrogen (secondary N) is 1. The highest BCUT2D eigenvalue weighted by molar-refractivity contribution is 7.10. The molecule has 5 heteroatoms. The molecule has 19 heavy (non-hydrogen) atoms. The number of amides is 1. The van der Waals surface area contributed by atoms with Crippen LogP contribution in [0.1, 0.15) is 30.2 Å². The van der Waals surface area contributed by atoms with Gasteiger partial charge in [0.2, 0.25) is 5.91 Å². The molecular formula is C14H20N2O2S. The number of carbonyl (C=O) groups excluding carboxylic acids is 1. The molecule has 104 valence electrons. The number of likely N-dealkylation sites (tertiary alicyclic amines) is 1. The van der Waals surface area contributed by atoms with E-state index in [4.69, 9.17) is 4.74 Å². The van der Waals surface area contributed by atoms with Gasteiger partial charge < -0.3 is 15.0 Å². The first-order chi connectivity index (χ1) is 9.34. The Morgan fingerprint density at radius 1 is 1.58 bits per heavy atom. The normalized spacial score (nSPS) is 27.7. The molecule has 2 atom stereocenters. The lowest BCUT2D eigenvalue weighted by molar-refractivity contribution is -0.135. The molecule has 0 bridgehead atoms. The van der Waals surface area contributed by atoms with Crippen molar-refractivity contribution in [3.63, 3.8) is 0 Å². The van der Waals surface area contributed by atoms with Crippen molar-refractivity contribution < 1.29 is 9.53 Å². The van der Waals surface area contributed by atoms with E-state index in [1.165, 1.54) is 4.88 Å². The second-order valence-electron chi connectivity index (χ2n) is 5.16. The zero-order valence-corrected chi connectivity index (χ0v) is 11.8. The molecule has 0 saturated carbocycles. The maximum absolute atomic E-state index is 12.4. The zero-order chi connectivity index (χ0) is 13.1. The number of ether oxygens (including phenoxy) is 1. The Morgan fingerprint density at radius 3 is 3.26 bits per heavy atom. The van der Waals surface area contributed by atoms with Gasteiger partial charge in [-0.2, -0.15) is 0 Å². The van der Waals surface area contributed by atoms with E-state index in [-0.39, 0.29) is 12.0 Å². The van der Waals surface area contributed by atoms with Crippen LogP contribution in [-0.2, 0) is 9.53 Å². The minimum atomic E-state index is 0.0471. The van der Waals surface area contributed by atoms with E-state index < -0.39 is 0 Å². The van der Waals surface area contributed by atoms with Gasteiger partial charge in [0.1, 0.15) is 0 Å². The van der Waals surface area contributed by atoms with Crippen LogP contribution in [0.5, 0.6) is 0 Å². The Morgan fingerprint density at radius 2 is 2.53 bits per heavy atom. The maximum Gasteiger partial charge on any atom is 0.225 e. The molecule has 3 heterocycles. The highest BCUT2D eigenvalue weighted by Crippen LogP contribution is 2.35. The second kappa shape index (κ2) is 6.03. The molecule has 2 aliphatic heterocycles. The molecule has 2 unspecified atom stereocenters. The Bertz CT molecular complexity index is 415. The van der Waals surface area contributed by atoms with Crippen LogP contribution in [0.3, 0.4) is 0 Å². The van der Waals surface area contributed by atoms with E-state index in [0.29, 0.717) is 19.1 Å². The van der Waals surface area contributed by atoms with Crippen molar-refractivity contribution in [3.8, 4) is 0 Å². The highest BCUT2D eigenvalue weighted by atomic mass is 32.1. The van der Waals surface area contributed by atoms with Gasteiger partial charge in [0.15, 0.2) is 0 Å². The monoisotopic (exact) mass is 280 g/mol. The zero-order valence-electron chi connectivity index (χ0n) is 11.0. The van der Waals surface area contributed by atoms with Gasteiger partial charge in [-0.1, -0.05) is 6.07 Å². The van der Waals surface area contributed by atoms with Crippen molar-refractivity contribution in [2.75, 3.05) is 26.2 Å². The number of rotatable bonds is 3. The third-order valence-corrected chi connectivity index (χ3v) is 4.82. The van der Waals surface area contributed by atoms with Crippen molar-refractivity contribution >= 4 is 17.2 Å². The summed E-state index contributed by atoms with van der Waals surface area (Å²) in [5, 5.41) is 5.36. The van der Waals surface area contributed by atoms with Crippen LogP contribution < -0.4 is 5.32 Å². The molecular weight excluding hydrogens is 260 g/mol. The molecule has 0 radical (unpaired) electrons. The third-order valence-electron chi connectivity index (χ3n) is 3.85. The molecule has 2 aliphatic rings. The van der Waals surface area contributed by atoms with Gasteiger partial charge in [-0.15, -0.1) is 11.3 Å². The molecule has 1 aromatic rings. The summed E-state index contributed by atoms with van der Waals surface area (Å²) in [4.78, 5) is 15.8. The summed E-state index contributed by atoms with van der Waals surface area (Å²) in [5.41, 5.74) is 0. The van der Waals surface area contributed by atoms with Crippen LogP contribution in [0.15, 0.2) is 17.5 Å². The van der Waals surface area contributed by atoms with E-state index in [1.807, 2.05) is 4.90 Å². The third kappa shape index (κ3) is 2.99. The van der Waals surface area contributed by atoms with Gasteiger partial charge in [-0.3, -0.25) is 4.79 Å². The Hall–Kier alpha value is -0.910. The summed E-state index contributed by atoms with van der Waals surface area (Å²) < 4.78 is 5.63. The molecule has 3 rings (SSSR count). The molecule has 4 nitrogen and oxygen atoms in total. The Balaban J connectivity index is 1.62. The molecule has 0 aromatic carbocycles. The molecule has 0 spiro atoms. The number of hydrogen-bond acceptors (Lipinski definition) is 4. The molecule has 0 aliphatic carbocycles. The average Bonchev–Trinajstić information content (AvgIpc) is 3.10. The number of carbonyl (C=O) groups is 1. The molecule has 1 aromatic heterocycles. The van der Waals surface area contributed by atoms with Crippen molar-refractivity contribution in [2.24, 2.45) is 0 Å². The maximum atomic E-state index is 12.4. The van der Waals surface area contributed by atoms with Crippen LogP contribution in [0.25, 0.3) is 0 Å². The predicted molar refractivity (Wildman–Crippen MR) is 75.2 cm³/mol. The molecule has 2 saturated heterocycles. The standard InChI is InChI=1S/C14H20N2O2S/c17-14(9-11-10-15-5-7-18-11)16-6-1-3-12(16)13-4-2-8-19-13/h2,4,8,11-12,15H,1,3,5-7,9-10H2. The fourth-order valence-corrected chi connectivity index (χ4v) is 3.78. The van der Waals surface area contributed by atoms with Crippen molar-refractivity contribution in [2.45, 2.75) is 31.4 Å². The number of morpholine rings is 1. The van der Waals surface area contributed by atoms with Gasteiger partial charge in [0.25, 0.3) is 0 Å². The van der Waals surface area contributed by atoms with E-state index in [9.17, 15) is 4.79 Å². The van der Waals surface area contributed by atoms with Crippen LogP contribution in [0.4, 0.5) is 0 Å².